The zero-order chi connectivity index (χ0) is 15.5. The summed E-state index contributed by atoms with van der Waals surface area (Å²) in [6.45, 7) is 8.09. The molecule has 0 amide bonds. The minimum absolute atomic E-state index is 0.325. The van der Waals surface area contributed by atoms with Crippen LogP contribution in [-0.2, 0) is 15.9 Å². The molecule has 1 aliphatic rings. The van der Waals surface area contributed by atoms with Crippen molar-refractivity contribution in [3.8, 4) is 0 Å². The summed E-state index contributed by atoms with van der Waals surface area (Å²) in [5.41, 5.74) is 0.830. The highest BCUT2D eigenvalue weighted by Gasteiger charge is 2.28. The lowest BCUT2D eigenvalue weighted by Gasteiger charge is -2.34. The van der Waals surface area contributed by atoms with E-state index in [0.717, 1.165) is 25.2 Å². The molecule has 0 atom stereocenters. The summed E-state index contributed by atoms with van der Waals surface area (Å²) in [4.78, 5) is 2.67. The second kappa shape index (κ2) is 7.09. The number of halogens is 1. The van der Waals surface area contributed by atoms with Crippen molar-refractivity contribution in [1.29, 1.82) is 0 Å². The summed E-state index contributed by atoms with van der Waals surface area (Å²) >= 11 is 5.79. The first-order valence-electron chi connectivity index (χ1n) is 7.31. The molecule has 0 aliphatic carbocycles. The van der Waals surface area contributed by atoms with Gasteiger partial charge in [-0.2, -0.15) is 4.31 Å². The Morgan fingerprint density at radius 1 is 1.19 bits per heavy atom. The van der Waals surface area contributed by atoms with Gasteiger partial charge in [-0.1, -0.05) is 26.0 Å². The van der Waals surface area contributed by atoms with E-state index in [1.165, 1.54) is 0 Å². The van der Waals surface area contributed by atoms with Gasteiger partial charge in [-0.05, 0) is 23.6 Å². The fraction of sp³-hybridized carbons (Fsp3) is 0.600. The van der Waals surface area contributed by atoms with Crippen LogP contribution in [0.2, 0.25) is 0 Å². The lowest BCUT2D eigenvalue weighted by molar-refractivity contribution is 0.172. The minimum atomic E-state index is -3.40. The van der Waals surface area contributed by atoms with Gasteiger partial charge in [-0.3, -0.25) is 0 Å². The summed E-state index contributed by atoms with van der Waals surface area (Å²) in [7, 11) is -3.40. The number of hydrogen-bond donors (Lipinski definition) is 0. The van der Waals surface area contributed by atoms with E-state index in [2.05, 4.69) is 18.7 Å². The molecule has 6 heteroatoms. The highest BCUT2D eigenvalue weighted by Crippen LogP contribution is 2.19. The summed E-state index contributed by atoms with van der Waals surface area (Å²) in [5, 5.41) is 0. The molecule has 2 rings (SSSR count). The fourth-order valence-electron chi connectivity index (χ4n) is 2.61. The van der Waals surface area contributed by atoms with Crippen LogP contribution in [-0.4, -0.2) is 50.3 Å². The van der Waals surface area contributed by atoms with E-state index < -0.39 is 10.0 Å². The van der Waals surface area contributed by atoms with E-state index in [9.17, 15) is 8.42 Å². The lowest BCUT2D eigenvalue weighted by Crippen LogP contribution is -2.49. The van der Waals surface area contributed by atoms with Gasteiger partial charge in [0.05, 0.1) is 4.90 Å². The monoisotopic (exact) mass is 330 g/mol. The molecular formula is C15H23ClN2O2S. The first-order chi connectivity index (χ1) is 9.93. The largest absolute Gasteiger partial charge is 0.300 e. The van der Waals surface area contributed by atoms with Crippen LogP contribution in [0.5, 0.6) is 0 Å². The molecule has 1 saturated heterocycles. The molecule has 0 saturated carbocycles. The van der Waals surface area contributed by atoms with Gasteiger partial charge in [0.25, 0.3) is 0 Å². The predicted octanol–water partition coefficient (Wildman–Crippen LogP) is 2.39. The topological polar surface area (TPSA) is 40.6 Å². The summed E-state index contributed by atoms with van der Waals surface area (Å²) in [5.74, 6) is 0.930. The normalized spacial score (nSPS) is 18.3. The third-order valence-electron chi connectivity index (χ3n) is 3.65. The molecule has 118 valence electrons. The predicted molar refractivity (Wildman–Crippen MR) is 86.0 cm³/mol. The van der Waals surface area contributed by atoms with Crippen molar-refractivity contribution in [1.82, 2.24) is 9.21 Å². The smallest absolute Gasteiger partial charge is 0.243 e. The van der Waals surface area contributed by atoms with Crippen LogP contribution in [0.4, 0.5) is 0 Å². The third-order valence-corrected chi connectivity index (χ3v) is 5.85. The van der Waals surface area contributed by atoms with Crippen LogP contribution in [0.3, 0.4) is 0 Å². The summed E-state index contributed by atoms with van der Waals surface area (Å²) in [6.07, 6.45) is 0. The zero-order valence-electron chi connectivity index (χ0n) is 12.6. The van der Waals surface area contributed by atoms with Gasteiger partial charge in [0.1, 0.15) is 0 Å². The molecule has 1 fully saturated rings. The number of sulfonamides is 1. The molecule has 0 unspecified atom stereocenters. The molecule has 0 spiro atoms. The number of rotatable bonds is 5. The molecule has 1 heterocycles. The maximum atomic E-state index is 12.6. The number of nitrogens with zero attached hydrogens (tertiary/aromatic N) is 2. The molecular weight excluding hydrogens is 308 g/mol. The highest BCUT2D eigenvalue weighted by molar-refractivity contribution is 7.89. The molecule has 21 heavy (non-hydrogen) atoms. The van der Waals surface area contributed by atoms with E-state index in [1.807, 2.05) is 6.07 Å². The lowest BCUT2D eigenvalue weighted by atomic mass is 10.2. The van der Waals surface area contributed by atoms with E-state index in [4.69, 9.17) is 11.6 Å². The second-order valence-electron chi connectivity index (χ2n) is 5.88. The molecule has 0 aromatic heterocycles. The van der Waals surface area contributed by atoms with Gasteiger partial charge < -0.3 is 4.90 Å². The SMILES string of the molecule is CC(C)CN1CCN(S(=O)(=O)c2cccc(CCl)c2)CC1. The van der Waals surface area contributed by atoms with E-state index in [-0.39, 0.29) is 0 Å². The molecule has 4 nitrogen and oxygen atoms in total. The minimum Gasteiger partial charge on any atom is -0.300 e. The first kappa shape index (κ1) is 16.7. The summed E-state index contributed by atoms with van der Waals surface area (Å²) < 4.78 is 26.9. The van der Waals surface area contributed by atoms with Crippen molar-refractivity contribution in [2.24, 2.45) is 5.92 Å². The van der Waals surface area contributed by atoms with Crippen molar-refractivity contribution in [3.63, 3.8) is 0 Å². The van der Waals surface area contributed by atoms with Crippen LogP contribution >= 0.6 is 11.6 Å². The van der Waals surface area contributed by atoms with E-state index in [0.29, 0.717) is 29.8 Å². The summed E-state index contributed by atoms with van der Waals surface area (Å²) in [6, 6.07) is 6.90. The van der Waals surface area contributed by atoms with Crippen molar-refractivity contribution in [3.05, 3.63) is 29.8 Å². The highest BCUT2D eigenvalue weighted by atomic mass is 35.5. The molecule has 1 aromatic rings. The number of benzene rings is 1. The van der Waals surface area contributed by atoms with Gasteiger partial charge in [-0.25, -0.2) is 8.42 Å². The Labute approximate surface area is 132 Å². The van der Waals surface area contributed by atoms with Crippen molar-refractivity contribution < 1.29 is 8.42 Å². The molecule has 0 bridgehead atoms. The molecule has 1 aromatic carbocycles. The maximum absolute atomic E-state index is 12.6. The molecule has 1 aliphatic heterocycles. The zero-order valence-corrected chi connectivity index (χ0v) is 14.2. The quantitative estimate of drug-likeness (QED) is 0.778. The average molecular weight is 331 g/mol. The van der Waals surface area contributed by atoms with E-state index >= 15 is 0 Å². The number of hydrogen-bond acceptors (Lipinski definition) is 3. The molecule has 0 N–H and O–H groups in total. The Balaban J connectivity index is 2.07. The third kappa shape index (κ3) is 4.19. The van der Waals surface area contributed by atoms with Crippen molar-refractivity contribution in [2.45, 2.75) is 24.6 Å². The van der Waals surface area contributed by atoms with Crippen LogP contribution in [0, 0.1) is 5.92 Å². The van der Waals surface area contributed by atoms with Gasteiger partial charge in [-0.15, -0.1) is 11.6 Å². The fourth-order valence-corrected chi connectivity index (χ4v) is 4.27. The Hall–Kier alpha value is -0.620. The number of alkyl halides is 1. The van der Waals surface area contributed by atoms with Crippen molar-refractivity contribution in [2.75, 3.05) is 32.7 Å². The van der Waals surface area contributed by atoms with E-state index in [1.54, 1.807) is 22.5 Å². The van der Waals surface area contributed by atoms with Gasteiger partial charge in [0.15, 0.2) is 0 Å². The first-order valence-corrected chi connectivity index (χ1v) is 9.28. The van der Waals surface area contributed by atoms with Crippen molar-refractivity contribution >= 4 is 21.6 Å². The molecule has 0 radical (unpaired) electrons. The standard InChI is InChI=1S/C15H23ClN2O2S/c1-13(2)12-17-6-8-18(9-7-17)21(19,20)15-5-3-4-14(10-15)11-16/h3-5,10,13H,6-9,11-12H2,1-2H3. The second-order valence-corrected chi connectivity index (χ2v) is 8.08. The number of piperazine rings is 1. The van der Waals surface area contributed by atoms with Gasteiger partial charge in [0.2, 0.25) is 10.0 Å². The van der Waals surface area contributed by atoms with Gasteiger partial charge >= 0.3 is 0 Å². The Bertz CT molecular complexity index is 567. The Morgan fingerprint density at radius 2 is 1.86 bits per heavy atom. The average Bonchev–Trinajstić information content (AvgIpc) is 2.47. The van der Waals surface area contributed by atoms with Crippen LogP contribution < -0.4 is 0 Å². The van der Waals surface area contributed by atoms with Gasteiger partial charge in [0, 0.05) is 38.6 Å². The Kier molecular flexibility index (Phi) is 5.66. The van der Waals surface area contributed by atoms with Crippen LogP contribution in [0.1, 0.15) is 19.4 Å². The Morgan fingerprint density at radius 3 is 2.43 bits per heavy atom. The maximum Gasteiger partial charge on any atom is 0.243 e. The van der Waals surface area contributed by atoms with Crippen LogP contribution in [0.25, 0.3) is 0 Å². The van der Waals surface area contributed by atoms with Crippen LogP contribution in [0.15, 0.2) is 29.2 Å².